The molecule has 1 aromatic rings. The van der Waals surface area contributed by atoms with E-state index in [9.17, 15) is 0 Å². The van der Waals surface area contributed by atoms with Crippen LogP contribution in [0.25, 0.3) is 0 Å². The van der Waals surface area contributed by atoms with Crippen LogP contribution in [0.1, 0.15) is 25.3 Å². The van der Waals surface area contributed by atoms with Gasteiger partial charge < -0.3 is 14.8 Å². The van der Waals surface area contributed by atoms with Gasteiger partial charge in [0, 0.05) is 24.9 Å². The fraction of sp³-hybridized carbons (Fsp3) is 0.571. The Morgan fingerprint density at radius 1 is 1.24 bits per heavy atom. The van der Waals surface area contributed by atoms with Gasteiger partial charge in [-0.15, -0.1) is 0 Å². The average Bonchev–Trinajstić information content (AvgIpc) is 2.35. The predicted octanol–water partition coefficient (Wildman–Crippen LogP) is 3.23. The Hall–Kier alpha value is -1.22. The van der Waals surface area contributed by atoms with Gasteiger partial charge in [0.1, 0.15) is 5.75 Å². The molecule has 0 fully saturated rings. The average molecular weight is 237 g/mol. The van der Waals surface area contributed by atoms with Crippen molar-refractivity contribution < 1.29 is 9.47 Å². The van der Waals surface area contributed by atoms with Gasteiger partial charge in [-0.1, -0.05) is 19.4 Å². The van der Waals surface area contributed by atoms with Crippen LogP contribution in [0.15, 0.2) is 18.2 Å². The molecule has 0 aliphatic heterocycles. The predicted molar refractivity (Wildman–Crippen MR) is 71.9 cm³/mol. The van der Waals surface area contributed by atoms with E-state index in [0.29, 0.717) is 0 Å². The Balaban J connectivity index is 2.30. The van der Waals surface area contributed by atoms with Crippen LogP contribution in [0, 0.1) is 6.92 Å². The molecule has 3 nitrogen and oxygen atoms in total. The third-order valence-corrected chi connectivity index (χ3v) is 2.65. The number of unbranched alkanes of at least 4 members (excludes halogenated alkanes) is 1. The number of nitrogens with one attached hydrogen (secondary N) is 1. The maximum absolute atomic E-state index is 5.50. The summed E-state index contributed by atoms with van der Waals surface area (Å²) in [6.45, 7) is 6.69. The largest absolute Gasteiger partial charge is 0.497 e. The van der Waals surface area contributed by atoms with Crippen molar-refractivity contribution in [1.82, 2.24) is 0 Å². The third-order valence-electron chi connectivity index (χ3n) is 2.65. The summed E-state index contributed by atoms with van der Waals surface area (Å²) in [7, 11) is 1.68. The summed E-state index contributed by atoms with van der Waals surface area (Å²) < 4.78 is 10.7. The number of ether oxygens (including phenoxy) is 2. The van der Waals surface area contributed by atoms with Crippen LogP contribution in [0.5, 0.6) is 5.75 Å². The van der Waals surface area contributed by atoms with E-state index < -0.39 is 0 Å². The zero-order chi connectivity index (χ0) is 12.5. The highest BCUT2D eigenvalue weighted by atomic mass is 16.5. The van der Waals surface area contributed by atoms with Gasteiger partial charge in [0.05, 0.1) is 13.7 Å². The van der Waals surface area contributed by atoms with Crippen molar-refractivity contribution in [2.75, 3.05) is 32.2 Å². The number of aryl methyl sites for hydroxylation is 1. The normalized spacial score (nSPS) is 10.3. The first-order chi connectivity index (χ1) is 8.27. The number of rotatable bonds is 8. The van der Waals surface area contributed by atoms with Crippen molar-refractivity contribution in [3.63, 3.8) is 0 Å². The van der Waals surface area contributed by atoms with E-state index in [1.165, 1.54) is 12.0 Å². The first-order valence-electron chi connectivity index (χ1n) is 6.24. The smallest absolute Gasteiger partial charge is 0.120 e. The third kappa shape index (κ3) is 5.09. The van der Waals surface area contributed by atoms with Crippen molar-refractivity contribution in [2.24, 2.45) is 0 Å². The Labute approximate surface area is 104 Å². The Morgan fingerprint density at radius 2 is 2.06 bits per heavy atom. The van der Waals surface area contributed by atoms with E-state index in [-0.39, 0.29) is 0 Å². The van der Waals surface area contributed by atoms with Gasteiger partial charge in [0.25, 0.3) is 0 Å². The molecule has 0 heterocycles. The van der Waals surface area contributed by atoms with Crippen LogP contribution >= 0.6 is 0 Å². The summed E-state index contributed by atoms with van der Waals surface area (Å²) in [5.41, 5.74) is 2.34. The SMILES string of the molecule is CCCCOCCNc1cc(OC)ccc1C. The fourth-order valence-corrected chi connectivity index (χ4v) is 1.52. The summed E-state index contributed by atoms with van der Waals surface area (Å²) >= 11 is 0. The molecule has 0 saturated heterocycles. The molecule has 0 aliphatic carbocycles. The molecular formula is C14H23NO2. The van der Waals surface area contributed by atoms with Crippen LogP contribution in [0.4, 0.5) is 5.69 Å². The second kappa shape index (κ2) is 7.96. The maximum atomic E-state index is 5.50. The maximum Gasteiger partial charge on any atom is 0.120 e. The Morgan fingerprint density at radius 3 is 2.76 bits per heavy atom. The number of hydrogen-bond donors (Lipinski definition) is 1. The highest BCUT2D eigenvalue weighted by Crippen LogP contribution is 2.21. The molecule has 1 rings (SSSR count). The van der Waals surface area contributed by atoms with Crippen molar-refractivity contribution in [3.8, 4) is 5.75 Å². The second-order valence-corrected chi connectivity index (χ2v) is 4.07. The van der Waals surface area contributed by atoms with Crippen LogP contribution in [0.3, 0.4) is 0 Å². The summed E-state index contributed by atoms with van der Waals surface area (Å²) in [5.74, 6) is 0.880. The van der Waals surface area contributed by atoms with Crippen LogP contribution < -0.4 is 10.1 Å². The Bertz CT molecular complexity index is 326. The van der Waals surface area contributed by atoms with E-state index in [1.54, 1.807) is 7.11 Å². The molecule has 96 valence electrons. The number of hydrogen-bond acceptors (Lipinski definition) is 3. The van der Waals surface area contributed by atoms with Crippen molar-refractivity contribution in [2.45, 2.75) is 26.7 Å². The van der Waals surface area contributed by atoms with E-state index in [4.69, 9.17) is 9.47 Å². The molecule has 0 aromatic heterocycles. The van der Waals surface area contributed by atoms with Crippen LogP contribution in [0.2, 0.25) is 0 Å². The summed E-state index contributed by atoms with van der Waals surface area (Å²) in [4.78, 5) is 0. The summed E-state index contributed by atoms with van der Waals surface area (Å²) in [6.07, 6.45) is 2.32. The molecule has 0 radical (unpaired) electrons. The molecule has 0 spiro atoms. The Kier molecular flexibility index (Phi) is 6.48. The van der Waals surface area contributed by atoms with Gasteiger partial charge in [0.2, 0.25) is 0 Å². The van der Waals surface area contributed by atoms with Crippen molar-refractivity contribution in [3.05, 3.63) is 23.8 Å². The first-order valence-corrected chi connectivity index (χ1v) is 6.24. The van der Waals surface area contributed by atoms with E-state index >= 15 is 0 Å². The van der Waals surface area contributed by atoms with E-state index in [2.05, 4.69) is 25.2 Å². The quantitative estimate of drug-likeness (QED) is 0.704. The van der Waals surface area contributed by atoms with Crippen molar-refractivity contribution >= 4 is 5.69 Å². The summed E-state index contributed by atoms with van der Waals surface area (Å²) in [5, 5.41) is 3.36. The van der Waals surface area contributed by atoms with Gasteiger partial charge in [-0.3, -0.25) is 0 Å². The van der Waals surface area contributed by atoms with Crippen LogP contribution in [-0.2, 0) is 4.74 Å². The molecule has 3 heteroatoms. The molecule has 0 unspecified atom stereocenters. The molecule has 0 atom stereocenters. The van der Waals surface area contributed by atoms with E-state index in [1.807, 2.05) is 12.1 Å². The molecule has 1 N–H and O–H groups in total. The van der Waals surface area contributed by atoms with E-state index in [0.717, 1.165) is 37.6 Å². The van der Waals surface area contributed by atoms with Crippen LogP contribution in [-0.4, -0.2) is 26.9 Å². The fourth-order valence-electron chi connectivity index (χ4n) is 1.52. The highest BCUT2D eigenvalue weighted by molar-refractivity contribution is 5.54. The first kappa shape index (κ1) is 13.8. The van der Waals surface area contributed by atoms with Gasteiger partial charge >= 0.3 is 0 Å². The monoisotopic (exact) mass is 237 g/mol. The number of benzene rings is 1. The lowest BCUT2D eigenvalue weighted by atomic mass is 10.2. The van der Waals surface area contributed by atoms with Crippen molar-refractivity contribution in [1.29, 1.82) is 0 Å². The second-order valence-electron chi connectivity index (χ2n) is 4.07. The highest BCUT2D eigenvalue weighted by Gasteiger charge is 1.99. The molecule has 0 aliphatic rings. The summed E-state index contributed by atoms with van der Waals surface area (Å²) in [6, 6.07) is 6.04. The molecule has 0 bridgehead atoms. The lowest BCUT2D eigenvalue weighted by Gasteiger charge is -2.11. The topological polar surface area (TPSA) is 30.5 Å². The zero-order valence-corrected chi connectivity index (χ0v) is 11.1. The zero-order valence-electron chi connectivity index (χ0n) is 11.1. The number of anilines is 1. The van der Waals surface area contributed by atoms with Gasteiger partial charge in [-0.25, -0.2) is 0 Å². The van der Waals surface area contributed by atoms with Gasteiger partial charge in [-0.2, -0.15) is 0 Å². The minimum atomic E-state index is 0.747. The minimum absolute atomic E-state index is 0.747. The molecule has 0 saturated carbocycles. The number of methoxy groups -OCH3 is 1. The van der Waals surface area contributed by atoms with Gasteiger partial charge in [0.15, 0.2) is 0 Å². The minimum Gasteiger partial charge on any atom is -0.497 e. The molecular weight excluding hydrogens is 214 g/mol. The lowest BCUT2D eigenvalue weighted by Crippen LogP contribution is -2.10. The van der Waals surface area contributed by atoms with Gasteiger partial charge in [-0.05, 0) is 25.0 Å². The molecule has 1 aromatic carbocycles. The molecule has 0 amide bonds. The standard InChI is InChI=1S/C14H23NO2/c1-4-5-9-17-10-8-15-14-11-13(16-3)7-6-12(14)2/h6-7,11,15H,4-5,8-10H2,1-3H3. The lowest BCUT2D eigenvalue weighted by molar-refractivity contribution is 0.141. The molecule has 17 heavy (non-hydrogen) atoms.